The first-order chi connectivity index (χ1) is 11.4. The predicted molar refractivity (Wildman–Crippen MR) is 84.1 cm³/mol. The minimum absolute atomic E-state index is 0.352. The van der Waals surface area contributed by atoms with Gasteiger partial charge in [-0.3, -0.25) is 4.79 Å². The van der Waals surface area contributed by atoms with Crippen molar-refractivity contribution in [3.8, 4) is 11.1 Å². The summed E-state index contributed by atoms with van der Waals surface area (Å²) in [7, 11) is 0. The number of hydrogen-bond acceptors (Lipinski definition) is 1. The summed E-state index contributed by atoms with van der Waals surface area (Å²) >= 11 is 0. The molecule has 0 fully saturated rings. The smallest absolute Gasteiger partial charge is 0.358 e. The Labute approximate surface area is 137 Å². The molecular formula is C18H18F3N2O+. The number of carbonyl (C=O) groups excluding carboxylic acids is 1. The highest BCUT2D eigenvalue weighted by atomic mass is 19.4. The zero-order valence-electron chi connectivity index (χ0n) is 13.0. The summed E-state index contributed by atoms with van der Waals surface area (Å²) in [6.07, 6.45) is -4.09. The second-order valence-electron chi connectivity index (χ2n) is 5.90. The summed E-state index contributed by atoms with van der Waals surface area (Å²) in [5, 5.41) is 2.08. The number of rotatable bonds is 4. The molecule has 0 atom stereocenters. The molecule has 6 heteroatoms. The number of amides is 1. The van der Waals surface area contributed by atoms with Crippen LogP contribution in [-0.4, -0.2) is 25.2 Å². The number of quaternary nitrogens is 1. The van der Waals surface area contributed by atoms with Gasteiger partial charge in [0.05, 0.1) is 6.54 Å². The van der Waals surface area contributed by atoms with Crippen molar-refractivity contribution < 1.29 is 23.7 Å². The molecule has 1 amide bonds. The average Bonchev–Trinajstić information content (AvgIpc) is 2.84. The Kier molecular flexibility index (Phi) is 4.09. The predicted octanol–water partition coefficient (Wildman–Crippen LogP) is 2.26. The summed E-state index contributed by atoms with van der Waals surface area (Å²) in [6, 6.07) is 14.8. The maximum atomic E-state index is 12.9. The Morgan fingerprint density at radius 2 is 1.50 bits per heavy atom. The topological polar surface area (TPSA) is 56.7 Å². The van der Waals surface area contributed by atoms with Gasteiger partial charge in [0.25, 0.3) is 0 Å². The maximum Gasteiger partial charge on any atom is 0.405 e. The van der Waals surface area contributed by atoms with Crippen LogP contribution in [0.2, 0.25) is 0 Å². The van der Waals surface area contributed by atoms with Gasteiger partial charge in [0.1, 0.15) is 12.0 Å². The average molecular weight is 335 g/mol. The maximum absolute atomic E-state index is 12.9. The van der Waals surface area contributed by atoms with Crippen molar-refractivity contribution in [1.82, 2.24) is 5.32 Å². The third-order valence-electron chi connectivity index (χ3n) is 4.45. The number of fused-ring (bicyclic) bond motifs is 3. The molecule has 1 aliphatic rings. The first-order valence-corrected chi connectivity index (χ1v) is 7.74. The molecule has 3 nitrogen and oxygen atoms in total. The Hall–Kier alpha value is -2.34. The van der Waals surface area contributed by atoms with Crippen LogP contribution in [0.15, 0.2) is 48.5 Å². The van der Waals surface area contributed by atoms with E-state index in [9.17, 15) is 18.0 Å². The van der Waals surface area contributed by atoms with Gasteiger partial charge in [-0.05, 0) is 22.3 Å². The molecule has 0 heterocycles. The van der Waals surface area contributed by atoms with E-state index in [1.165, 1.54) is 0 Å². The van der Waals surface area contributed by atoms with Crippen LogP contribution in [0.1, 0.15) is 17.5 Å². The van der Waals surface area contributed by atoms with Gasteiger partial charge in [-0.2, -0.15) is 13.2 Å². The first-order valence-electron chi connectivity index (χ1n) is 7.74. The second-order valence-corrected chi connectivity index (χ2v) is 5.90. The molecule has 2 aromatic rings. The fourth-order valence-electron chi connectivity index (χ4n) is 3.55. The molecule has 0 bridgehead atoms. The van der Waals surface area contributed by atoms with E-state index in [0.29, 0.717) is 13.0 Å². The number of hydrogen-bond donors (Lipinski definition) is 2. The van der Waals surface area contributed by atoms with Crippen molar-refractivity contribution in [3.63, 3.8) is 0 Å². The van der Waals surface area contributed by atoms with Crippen molar-refractivity contribution in [3.05, 3.63) is 59.7 Å². The minimum Gasteiger partial charge on any atom is -0.358 e. The van der Waals surface area contributed by atoms with E-state index in [1.807, 2.05) is 36.4 Å². The lowest BCUT2D eigenvalue weighted by Crippen LogP contribution is -2.56. The summed E-state index contributed by atoms with van der Waals surface area (Å²) in [5.41, 5.74) is 5.98. The molecular weight excluding hydrogens is 317 g/mol. The quantitative estimate of drug-likeness (QED) is 0.885. The van der Waals surface area contributed by atoms with Gasteiger partial charge in [-0.15, -0.1) is 0 Å². The van der Waals surface area contributed by atoms with Crippen LogP contribution in [0.4, 0.5) is 13.2 Å². The molecule has 0 saturated carbocycles. The molecule has 0 aromatic heterocycles. The molecule has 0 aliphatic heterocycles. The van der Waals surface area contributed by atoms with Gasteiger partial charge < -0.3 is 11.1 Å². The van der Waals surface area contributed by atoms with E-state index >= 15 is 0 Å². The van der Waals surface area contributed by atoms with E-state index in [4.69, 9.17) is 0 Å². The third-order valence-corrected chi connectivity index (χ3v) is 4.45. The number of alkyl halides is 3. The highest BCUT2D eigenvalue weighted by Gasteiger charge is 2.49. The lowest BCUT2D eigenvalue weighted by Gasteiger charge is -2.29. The number of nitrogens with one attached hydrogen (secondary N) is 1. The van der Waals surface area contributed by atoms with Gasteiger partial charge >= 0.3 is 6.18 Å². The van der Waals surface area contributed by atoms with E-state index in [0.717, 1.165) is 22.3 Å². The van der Waals surface area contributed by atoms with E-state index in [1.54, 1.807) is 12.1 Å². The molecule has 2 aromatic carbocycles. The minimum atomic E-state index is -4.45. The molecule has 1 aliphatic carbocycles. The molecule has 4 N–H and O–H groups in total. The van der Waals surface area contributed by atoms with Crippen molar-refractivity contribution in [2.75, 3.05) is 13.1 Å². The molecule has 24 heavy (non-hydrogen) atoms. The Morgan fingerprint density at radius 1 is 1.00 bits per heavy atom. The molecule has 0 radical (unpaired) electrons. The van der Waals surface area contributed by atoms with E-state index in [-0.39, 0.29) is 0 Å². The van der Waals surface area contributed by atoms with Crippen LogP contribution in [0.3, 0.4) is 0 Å². The molecule has 0 spiro atoms. The highest BCUT2D eigenvalue weighted by Crippen LogP contribution is 2.50. The van der Waals surface area contributed by atoms with Crippen LogP contribution in [0.5, 0.6) is 0 Å². The normalized spacial score (nSPS) is 14.8. The van der Waals surface area contributed by atoms with Crippen LogP contribution in [-0.2, 0) is 10.2 Å². The monoisotopic (exact) mass is 335 g/mol. The number of halogens is 3. The molecule has 126 valence electrons. The van der Waals surface area contributed by atoms with Crippen molar-refractivity contribution in [2.24, 2.45) is 0 Å². The van der Waals surface area contributed by atoms with Gasteiger partial charge in [0.2, 0.25) is 5.91 Å². The zero-order chi connectivity index (χ0) is 17.4. The van der Waals surface area contributed by atoms with E-state index in [2.05, 4.69) is 11.1 Å². The molecule has 3 rings (SSSR count). The van der Waals surface area contributed by atoms with Crippen LogP contribution < -0.4 is 11.1 Å². The van der Waals surface area contributed by atoms with Crippen molar-refractivity contribution in [1.29, 1.82) is 0 Å². The van der Waals surface area contributed by atoms with Gasteiger partial charge in [0.15, 0.2) is 0 Å². The summed E-state index contributed by atoms with van der Waals surface area (Å²) in [6.45, 7) is -0.906. The lowest BCUT2D eigenvalue weighted by molar-refractivity contribution is -0.369. The third kappa shape index (κ3) is 2.57. The first kappa shape index (κ1) is 16.5. The summed E-state index contributed by atoms with van der Waals surface area (Å²) in [4.78, 5) is 12.9. The zero-order valence-corrected chi connectivity index (χ0v) is 13.0. The van der Waals surface area contributed by atoms with Gasteiger partial charge in [-0.25, -0.2) is 0 Å². The Balaban J connectivity index is 2.14. The number of benzene rings is 2. The Bertz CT molecular complexity index is 725. The fourth-order valence-corrected chi connectivity index (χ4v) is 3.55. The van der Waals surface area contributed by atoms with Crippen LogP contribution in [0.25, 0.3) is 11.1 Å². The summed E-state index contributed by atoms with van der Waals surface area (Å²) in [5.74, 6) is -0.624. The standard InChI is InChI=1S/C18H17F3N2O/c19-18(20,21)11-23-16(24)17(9-10-22)14-7-3-1-5-12(14)13-6-2-4-8-15(13)17/h1-8H,9-11,22H2,(H,23,24)/p+1. The van der Waals surface area contributed by atoms with Gasteiger partial charge in [-0.1, -0.05) is 48.5 Å². The Morgan fingerprint density at radius 3 is 1.96 bits per heavy atom. The number of carbonyl (C=O) groups is 1. The summed E-state index contributed by atoms with van der Waals surface area (Å²) < 4.78 is 37.7. The van der Waals surface area contributed by atoms with Crippen molar-refractivity contribution in [2.45, 2.75) is 18.0 Å². The lowest BCUT2D eigenvalue weighted by atomic mass is 9.74. The van der Waals surface area contributed by atoms with Crippen LogP contribution >= 0.6 is 0 Å². The molecule has 0 saturated heterocycles. The van der Waals surface area contributed by atoms with Gasteiger partial charge in [0, 0.05) is 6.42 Å². The fraction of sp³-hybridized carbons (Fsp3) is 0.278. The van der Waals surface area contributed by atoms with E-state index < -0.39 is 24.0 Å². The SMILES string of the molecule is [NH3+]CCC1(C(=O)NCC(F)(F)F)c2ccccc2-c2ccccc21. The molecule has 0 unspecified atom stereocenters. The highest BCUT2D eigenvalue weighted by molar-refractivity contribution is 6.00. The van der Waals surface area contributed by atoms with Crippen LogP contribution in [0, 0.1) is 0 Å². The van der Waals surface area contributed by atoms with Crippen molar-refractivity contribution >= 4 is 5.91 Å². The largest absolute Gasteiger partial charge is 0.405 e. The second kappa shape index (κ2) is 5.94.